The van der Waals surface area contributed by atoms with Crippen LogP contribution in [-0.4, -0.2) is 20.7 Å². The van der Waals surface area contributed by atoms with Gasteiger partial charge in [-0.15, -0.1) is 10.2 Å². The fourth-order valence-electron chi connectivity index (χ4n) is 2.64. The summed E-state index contributed by atoms with van der Waals surface area (Å²) in [5.74, 6) is 1.23. The Kier molecular flexibility index (Phi) is 6.65. The average molecular weight is 435 g/mol. The second-order valence-electron chi connectivity index (χ2n) is 6.50. The first-order valence-corrected chi connectivity index (χ1v) is 10.4. The minimum atomic E-state index is -0.312. The molecule has 0 fully saturated rings. The van der Waals surface area contributed by atoms with E-state index in [1.807, 2.05) is 18.5 Å². The number of rotatable bonds is 6. The van der Waals surface area contributed by atoms with E-state index in [0.717, 1.165) is 10.9 Å². The zero-order valence-electron chi connectivity index (χ0n) is 15.7. The number of nitrogens with zero attached hydrogens (tertiary/aromatic N) is 3. The van der Waals surface area contributed by atoms with Crippen molar-refractivity contribution < 1.29 is 4.79 Å². The molecular weight excluding hydrogens is 415 g/mol. The third-order valence-electron chi connectivity index (χ3n) is 4.27. The predicted molar refractivity (Wildman–Crippen MR) is 114 cm³/mol. The number of thioether (sulfide) groups is 1. The average Bonchev–Trinajstić information content (AvgIpc) is 3.04. The Morgan fingerprint density at radius 2 is 1.86 bits per heavy atom. The molecule has 0 saturated heterocycles. The Morgan fingerprint density at radius 1 is 1.14 bits per heavy atom. The molecule has 2 aromatic carbocycles. The van der Waals surface area contributed by atoms with E-state index in [0.29, 0.717) is 21.4 Å². The molecular formula is C20H20Cl2N4OS. The van der Waals surface area contributed by atoms with Crippen molar-refractivity contribution in [1.29, 1.82) is 0 Å². The summed E-state index contributed by atoms with van der Waals surface area (Å²) in [7, 11) is 1.90. The van der Waals surface area contributed by atoms with Crippen molar-refractivity contribution in [3.63, 3.8) is 0 Å². The standard InChI is InChI=1S/C20H20Cl2N4OS/c1-12-4-6-14(7-5-12)11-28-20-25-24-18(26(20)3)13(2)23-19(27)15-8-9-16(21)17(22)10-15/h4-10,13H,11H2,1-3H3,(H,23,27). The SMILES string of the molecule is Cc1ccc(CSc2nnc(C(C)NC(=O)c3ccc(Cl)c(Cl)c3)n2C)cc1. The van der Waals surface area contributed by atoms with E-state index in [1.54, 1.807) is 30.0 Å². The van der Waals surface area contributed by atoms with Crippen LogP contribution in [0.3, 0.4) is 0 Å². The van der Waals surface area contributed by atoms with Crippen molar-refractivity contribution in [2.75, 3.05) is 0 Å². The van der Waals surface area contributed by atoms with Gasteiger partial charge in [0.1, 0.15) is 0 Å². The lowest BCUT2D eigenvalue weighted by molar-refractivity contribution is 0.0937. The number of nitrogens with one attached hydrogen (secondary N) is 1. The Bertz CT molecular complexity index is 988. The smallest absolute Gasteiger partial charge is 0.251 e. The van der Waals surface area contributed by atoms with Gasteiger partial charge in [0.05, 0.1) is 16.1 Å². The van der Waals surface area contributed by atoms with Crippen molar-refractivity contribution in [2.24, 2.45) is 7.05 Å². The first kappa shape index (κ1) is 20.7. The van der Waals surface area contributed by atoms with Crippen LogP contribution >= 0.6 is 35.0 Å². The van der Waals surface area contributed by atoms with Gasteiger partial charge in [-0.05, 0) is 37.6 Å². The summed E-state index contributed by atoms with van der Waals surface area (Å²) in [5, 5.41) is 13.0. The van der Waals surface area contributed by atoms with Crippen molar-refractivity contribution in [2.45, 2.75) is 30.8 Å². The summed E-state index contributed by atoms with van der Waals surface area (Å²) in [6.07, 6.45) is 0. The summed E-state index contributed by atoms with van der Waals surface area (Å²) in [5.41, 5.74) is 2.90. The van der Waals surface area contributed by atoms with Crippen LogP contribution in [-0.2, 0) is 12.8 Å². The minimum Gasteiger partial charge on any atom is -0.342 e. The van der Waals surface area contributed by atoms with Gasteiger partial charge in [-0.1, -0.05) is 64.8 Å². The first-order chi connectivity index (χ1) is 13.3. The topological polar surface area (TPSA) is 59.8 Å². The zero-order chi connectivity index (χ0) is 20.3. The van der Waals surface area contributed by atoms with E-state index in [9.17, 15) is 4.79 Å². The van der Waals surface area contributed by atoms with E-state index in [-0.39, 0.29) is 11.9 Å². The van der Waals surface area contributed by atoms with Crippen LogP contribution in [0.2, 0.25) is 10.0 Å². The van der Waals surface area contributed by atoms with E-state index in [4.69, 9.17) is 23.2 Å². The molecule has 5 nitrogen and oxygen atoms in total. The number of hydrogen-bond donors (Lipinski definition) is 1. The van der Waals surface area contributed by atoms with E-state index in [2.05, 4.69) is 46.7 Å². The highest BCUT2D eigenvalue weighted by atomic mass is 35.5. The fourth-order valence-corrected chi connectivity index (χ4v) is 3.82. The highest BCUT2D eigenvalue weighted by Gasteiger charge is 2.19. The third-order valence-corrected chi connectivity index (χ3v) is 6.10. The van der Waals surface area contributed by atoms with Crippen molar-refractivity contribution in [1.82, 2.24) is 20.1 Å². The molecule has 1 heterocycles. The van der Waals surface area contributed by atoms with Crippen molar-refractivity contribution >= 4 is 40.9 Å². The van der Waals surface area contributed by atoms with Gasteiger partial charge in [0.2, 0.25) is 0 Å². The number of aromatic nitrogens is 3. The summed E-state index contributed by atoms with van der Waals surface area (Å²) in [6.45, 7) is 3.94. The van der Waals surface area contributed by atoms with Crippen molar-refractivity contribution in [3.8, 4) is 0 Å². The second kappa shape index (κ2) is 8.99. The summed E-state index contributed by atoms with van der Waals surface area (Å²) in [4.78, 5) is 12.5. The minimum absolute atomic E-state index is 0.247. The Labute approximate surface area is 178 Å². The van der Waals surface area contributed by atoms with Crippen LogP contribution in [0.25, 0.3) is 0 Å². The Morgan fingerprint density at radius 3 is 2.54 bits per heavy atom. The van der Waals surface area contributed by atoms with Crippen LogP contribution < -0.4 is 5.32 Å². The molecule has 1 atom stereocenters. The molecule has 3 aromatic rings. The van der Waals surface area contributed by atoms with Crippen LogP contribution in [0.4, 0.5) is 0 Å². The Hall–Kier alpha value is -2.02. The lowest BCUT2D eigenvalue weighted by Crippen LogP contribution is -2.28. The van der Waals surface area contributed by atoms with Gasteiger partial charge in [-0.3, -0.25) is 4.79 Å². The predicted octanol–water partition coefficient (Wildman–Crippen LogP) is 5.21. The largest absolute Gasteiger partial charge is 0.342 e. The third kappa shape index (κ3) is 4.87. The highest BCUT2D eigenvalue weighted by molar-refractivity contribution is 7.98. The molecule has 3 rings (SSSR count). The number of carbonyl (C=O) groups is 1. The molecule has 1 unspecified atom stereocenters. The lowest BCUT2D eigenvalue weighted by atomic mass is 10.2. The van der Waals surface area contributed by atoms with E-state index in [1.165, 1.54) is 11.1 Å². The molecule has 28 heavy (non-hydrogen) atoms. The molecule has 0 radical (unpaired) electrons. The normalized spacial score (nSPS) is 12.0. The number of carbonyl (C=O) groups excluding carboxylic acids is 1. The number of hydrogen-bond acceptors (Lipinski definition) is 4. The molecule has 0 bridgehead atoms. The molecule has 1 aromatic heterocycles. The molecule has 1 amide bonds. The first-order valence-electron chi connectivity index (χ1n) is 8.68. The molecule has 8 heteroatoms. The molecule has 0 aliphatic heterocycles. The van der Waals surface area contributed by atoms with Gasteiger partial charge in [0.25, 0.3) is 5.91 Å². The maximum atomic E-state index is 12.5. The molecule has 0 saturated carbocycles. The lowest BCUT2D eigenvalue weighted by Gasteiger charge is -2.14. The number of amides is 1. The zero-order valence-corrected chi connectivity index (χ0v) is 18.1. The molecule has 146 valence electrons. The second-order valence-corrected chi connectivity index (χ2v) is 8.26. The molecule has 0 aliphatic rings. The molecule has 1 N–H and O–H groups in total. The molecule has 0 spiro atoms. The van der Waals surface area contributed by atoms with Crippen LogP contribution in [0.15, 0.2) is 47.6 Å². The quantitative estimate of drug-likeness (QED) is 0.540. The summed E-state index contributed by atoms with van der Waals surface area (Å²) < 4.78 is 1.90. The Balaban J connectivity index is 1.65. The van der Waals surface area contributed by atoms with E-state index < -0.39 is 0 Å². The van der Waals surface area contributed by atoms with Gasteiger partial charge in [0.15, 0.2) is 11.0 Å². The number of aryl methyl sites for hydroxylation is 1. The fraction of sp³-hybridized carbons (Fsp3) is 0.250. The number of halogens is 2. The maximum absolute atomic E-state index is 12.5. The van der Waals surface area contributed by atoms with Crippen LogP contribution in [0.1, 0.15) is 40.3 Å². The van der Waals surface area contributed by atoms with Crippen LogP contribution in [0, 0.1) is 6.92 Å². The molecule has 0 aliphatic carbocycles. The van der Waals surface area contributed by atoms with E-state index >= 15 is 0 Å². The van der Waals surface area contributed by atoms with Gasteiger partial charge in [-0.2, -0.15) is 0 Å². The van der Waals surface area contributed by atoms with Crippen molar-refractivity contribution in [3.05, 3.63) is 75.0 Å². The van der Waals surface area contributed by atoms with Gasteiger partial charge >= 0.3 is 0 Å². The van der Waals surface area contributed by atoms with Crippen LogP contribution in [0.5, 0.6) is 0 Å². The monoisotopic (exact) mass is 434 g/mol. The summed E-state index contributed by atoms with van der Waals surface area (Å²) >= 11 is 13.5. The number of benzene rings is 2. The summed E-state index contributed by atoms with van der Waals surface area (Å²) in [6, 6.07) is 12.9. The van der Waals surface area contributed by atoms with Gasteiger partial charge in [-0.25, -0.2) is 0 Å². The highest BCUT2D eigenvalue weighted by Crippen LogP contribution is 2.25. The van der Waals surface area contributed by atoms with Gasteiger partial charge in [0, 0.05) is 18.4 Å². The van der Waals surface area contributed by atoms with Gasteiger partial charge < -0.3 is 9.88 Å². The maximum Gasteiger partial charge on any atom is 0.251 e.